The molecule has 0 bridgehead atoms. The van der Waals surface area contributed by atoms with Crippen LogP contribution in [-0.2, 0) is 6.61 Å². The Morgan fingerprint density at radius 3 is 2.62 bits per heavy atom. The quantitative estimate of drug-likeness (QED) is 0.596. The number of rotatable bonds is 8. The van der Waals surface area contributed by atoms with Crippen LogP contribution in [-0.4, -0.2) is 22.7 Å². The Balaban J connectivity index is 1.88. The van der Waals surface area contributed by atoms with E-state index in [1.54, 1.807) is 18.2 Å². The molecule has 0 radical (unpaired) electrons. The molecule has 0 aliphatic rings. The van der Waals surface area contributed by atoms with Crippen molar-refractivity contribution < 1.29 is 19.4 Å². The van der Waals surface area contributed by atoms with E-state index < -0.39 is 5.97 Å². The number of carbonyl (C=O) groups is 1. The number of aromatic nitrogens is 1. The number of nitrogens with zero attached hydrogens (tertiary/aromatic N) is 1. The molecule has 0 spiro atoms. The van der Waals surface area contributed by atoms with Crippen molar-refractivity contribution in [1.82, 2.24) is 4.98 Å². The minimum absolute atomic E-state index is 0.0897. The number of benzene rings is 2. The lowest BCUT2D eigenvalue weighted by Crippen LogP contribution is -2.06. The van der Waals surface area contributed by atoms with Gasteiger partial charge in [0.05, 0.1) is 12.1 Å². The molecule has 5 nitrogen and oxygen atoms in total. The topological polar surface area (TPSA) is 68.7 Å². The molecule has 0 aliphatic heterocycles. The number of aromatic carboxylic acids is 1. The average Bonchev–Trinajstić information content (AvgIpc) is 2.66. The van der Waals surface area contributed by atoms with Gasteiger partial charge in [-0.1, -0.05) is 43.7 Å². The Kier molecular flexibility index (Phi) is 5.69. The summed E-state index contributed by atoms with van der Waals surface area (Å²) in [7, 11) is 0. The largest absolute Gasteiger partial charge is 0.494 e. The summed E-state index contributed by atoms with van der Waals surface area (Å²) >= 11 is 0. The van der Waals surface area contributed by atoms with E-state index in [2.05, 4.69) is 11.9 Å². The van der Waals surface area contributed by atoms with Gasteiger partial charge in [0.25, 0.3) is 0 Å². The minimum atomic E-state index is -1.11. The fraction of sp³-hybridized carbons (Fsp3) is 0.238. The van der Waals surface area contributed by atoms with Crippen LogP contribution in [0.5, 0.6) is 11.5 Å². The maximum Gasteiger partial charge on any atom is 0.358 e. The van der Waals surface area contributed by atoms with Gasteiger partial charge in [0.1, 0.15) is 12.4 Å². The van der Waals surface area contributed by atoms with Crippen LogP contribution in [0.1, 0.15) is 35.8 Å². The van der Waals surface area contributed by atoms with Crippen molar-refractivity contribution in [2.75, 3.05) is 6.61 Å². The molecule has 3 rings (SSSR count). The summed E-state index contributed by atoms with van der Waals surface area (Å²) in [6.07, 6.45) is 2.05. The van der Waals surface area contributed by atoms with Crippen LogP contribution in [0.2, 0.25) is 0 Å². The summed E-state index contributed by atoms with van der Waals surface area (Å²) < 4.78 is 11.5. The monoisotopic (exact) mass is 351 g/mol. The van der Waals surface area contributed by atoms with E-state index >= 15 is 0 Å². The van der Waals surface area contributed by atoms with Gasteiger partial charge < -0.3 is 14.6 Å². The van der Waals surface area contributed by atoms with Crippen molar-refractivity contribution >= 4 is 16.9 Å². The second-order valence-electron chi connectivity index (χ2n) is 5.97. The summed E-state index contributed by atoms with van der Waals surface area (Å²) in [6.45, 7) is 3.04. The van der Waals surface area contributed by atoms with E-state index in [0.29, 0.717) is 12.1 Å². The second-order valence-corrected chi connectivity index (χ2v) is 5.97. The smallest absolute Gasteiger partial charge is 0.358 e. The van der Waals surface area contributed by atoms with E-state index in [1.165, 1.54) is 0 Å². The standard InChI is InChI=1S/C21H21NO4/c1-2-3-11-25-17-9-10-18-16(12-17)13-19(20(22-18)21(23)24)26-14-15-7-5-4-6-8-15/h4-10,12-13H,2-3,11,14H2,1H3,(H,23,24). The fourth-order valence-corrected chi connectivity index (χ4v) is 2.56. The highest BCUT2D eigenvalue weighted by molar-refractivity contribution is 5.93. The lowest BCUT2D eigenvalue weighted by molar-refractivity contribution is 0.0685. The van der Waals surface area contributed by atoms with Crippen LogP contribution >= 0.6 is 0 Å². The van der Waals surface area contributed by atoms with Crippen LogP contribution in [0, 0.1) is 0 Å². The predicted molar refractivity (Wildman–Crippen MR) is 99.9 cm³/mol. The number of unbranched alkanes of at least 4 members (excludes halogenated alkanes) is 1. The Morgan fingerprint density at radius 1 is 1.08 bits per heavy atom. The van der Waals surface area contributed by atoms with Crippen LogP contribution in [0.25, 0.3) is 10.9 Å². The highest BCUT2D eigenvalue weighted by atomic mass is 16.5. The number of carboxylic acid groups (broad SMARTS) is 1. The molecule has 2 aromatic carbocycles. The fourth-order valence-electron chi connectivity index (χ4n) is 2.56. The third-order valence-corrected chi connectivity index (χ3v) is 3.96. The molecule has 5 heteroatoms. The molecule has 0 saturated heterocycles. The van der Waals surface area contributed by atoms with Crippen LogP contribution in [0.15, 0.2) is 54.6 Å². The van der Waals surface area contributed by atoms with Crippen molar-refractivity contribution in [3.63, 3.8) is 0 Å². The van der Waals surface area contributed by atoms with E-state index in [-0.39, 0.29) is 18.1 Å². The van der Waals surface area contributed by atoms with Gasteiger partial charge in [0.2, 0.25) is 0 Å². The summed E-state index contributed by atoms with van der Waals surface area (Å²) in [6, 6.07) is 16.7. The zero-order chi connectivity index (χ0) is 18.4. The summed E-state index contributed by atoms with van der Waals surface area (Å²) in [4.78, 5) is 15.8. The number of fused-ring (bicyclic) bond motifs is 1. The predicted octanol–water partition coefficient (Wildman–Crippen LogP) is 4.69. The van der Waals surface area contributed by atoms with Crippen LogP contribution < -0.4 is 9.47 Å². The molecule has 3 aromatic rings. The molecule has 0 fully saturated rings. The molecule has 1 aromatic heterocycles. The summed E-state index contributed by atoms with van der Waals surface area (Å²) in [5.74, 6) is -0.123. The normalized spacial score (nSPS) is 10.7. The number of hydrogen-bond acceptors (Lipinski definition) is 4. The lowest BCUT2D eigenvalue weighted by atomic mass is 10.1. The Hall–Kier alpha value is -3.08. The Labute approximate surface area is 152 Å². The molecule has 0 unspecified atom stereocenters. The van der Waals surface area contributed by atoms with Gasteiger partial charge in [0, 0.05) is 5.39 Å². The van der Waals surface area contributed by atoms with E-state index in [4.69, 9.17) is 9.47 Å². The van der Waals surface area contributed by atoms with Gasteiger partial charge in [-0.25, -0.2) is 9.78 Å². The first-order valence-electron chi connectivity index (χ1n) is 8.65. The third-order valence-electron chi connectivity index (χ3n) is 3.96. The zero-order valence-electron chi connectivity index (χ0n) is 14.6. The van der Waals surface area contributed by atoms with Crippen molar-refractivity contribution in [2.45, 2.75) is 26.4 Å². The minimum Gasteiger partial charge on any atom is -0.494 e. The average molecular weight is 351 g/mol. The molecular formula is C21H21NO4. The highest BCUT2D eigenvalue weighted by Crippen LogP contribution is 2.27. The maximum atomic E-state index is 11.6. The summed E-state index contributed by atoms with van der Waals surface area (Å²) in [5, 5.41) is 10.2. The lowest BCUT2D eigenvalue weighted by Gasteiger charge is -2.11. The second kappa shape index (κ2) is 8.34. The molecule has 1 heterocycles. The van der Waals surface area contributed by atoms with Gasteiger partial charge in [-0.2, -0.15) is 0 Å². The van der Waals surface area contributed by atoms with Gasteiger partial charge >= 0.3 is 5.97 Å². The molecular weight excluding hydrogens is 330 g/mol. The molecule has 0 saturated carbocycles. The third kappa shape index (κ3) is 4.30. The molecule has 0 amide bonds. The molecule has 0 atom stereocenters. The van der Waals surface area contributed by atoms with Crippen molar-refractivity contribution in [1.29, 1.82) is 0 Å². The number of pyridine rings is 1. The van der Waals surface area contributed by atoms with Crippen LogP contribution in [0.3, 0.4) is 0 Å². The summed E-state index contributed by atoms with van der Waals surface area (Å²) in [5.41, 5.74) is 1.46. The van der Waals surface area contributed by atoms with E-state index in [9.17, 15) is 9.90 Å². The first kappa shape index (κ1) is 17.7. The SMILES string of the molecule is CCCCOc1ccc2nc(C(=O)O)c(OCc3ccccc3)cc2c1. The first-order chi connectivity index (χ1) is 12.7. The first-order valence-corrected chi connectivity index (χ1v) is 8.65. The van der Waals surface area contributed by atoms with E-state index in [0.717, 1.165) is 29.5 Å². The van der Waals surface area contributed by atoms with Gasteiger partial charge in [-0.3, -0.25) is 0 Å². The Bertz CT molecular complexity index is 893. The zero-order valence-corrected chi connectivity index (χ0v) is 14.6. The molecule has 1 N–H and O–H groups in total. The van der Waals surface area contributed by atoms with E-state index in [1.807, 2.05) is 36.4 Å². The van der Waals surface area contributed by atoms with Gasteiger partial charge in [-0.05, 0) is 36.2 Å². The van der Waals surface area contributed by atoms with Crippen LogP contribution in [0.4, 0.5) is 0 Å². The Morgan fingerprint density at radius 2 is 1.88 bits per heavy atom. The molecule has 26 heavy (non-hydrogen) atoms. The van der Waals surface area contributed by atoms with Gasteiger partial charge in [0.15, 0.2) is 11.4 Å². The molecule has 0 aliphatic carbocycles. The van der Waals surface area contributed by atoms with Gasteiger partial charge in [-0.15, -0.1) is 0 Å². The number of ether oxygens (including phenoxy) is 2. The molecule has 134 valence electrons. The number of carboxylic acids is 1. The number of hydrogen-bond donors (Lipinski definition) is 1. The highest BCUT2D eigenvalue weighted by Gasteiger charge is 2.15. The van der Waals surface area contributed by atoms with Crippen molar-refractivity contribution in [2.24, 2.45) is 0 Å². The van der Waals surface area contributed by atoms with Crippen molar-refractivity contribution in [3.8, 4) is 11.5 Å². The van der Waals surface area contributed by atoms with Crippen molar-refractivity contribution in [3.05, 3.63) is 65.9 Å². The maximum absolute atomic E-state index is 11.6.